The number of fused-ring (bicyclic) bond motifs is 1. The van der Waals surface area contributed by atoms with Gasteiger partial charge in [0.1, 0.15) is 6.04 Å². The molecule has 1 aliphatic heterocycles. The number of rotatable bonds is 6. The Hall–Kier alpha value is -3.62. The number of carbonyl (C=O) groups is 3. The minimum Gasteiger partial charge on any atom is -0.360 e. The van der Waals surface area contributed by atoms with Crippen molar-refractivity contribution in [2.75, 3.05) is 16.8 Å². The van der Waals surface area contributed by atoms with Crippen molar-refractivity contribution in [1.29, 1.82) is 0 Å². The van der Waals surface area contributed by atoms with Crippen LogP contribution in [0.1, 0.15) is 41.2 Å². The first kappa shape index (κ1) is 23.1. The van der Waals surface area contributed by atoms with Gasteiger partial charge in [0.2, 0.25) is 5.91 Å². The number of anilines is 2. The number of amides is 3. The SMILES string of the molecule is O=C(NC(C(=O)Nc1ccc(N2CCCCC2=O)cc1)c1ccsc1)c1ccc2c(Cl)c[nH]c2c1. The molecule has 1 unspecified atom stereocenters. The van der Waals surface area contributed by atoms with Gasteiger partial charge in [-0.05, 0) is 71.6 Å². The molecule has 4 aromatic rings. The van der Waals surface area contributed by atoms with Gasteiger partial charge in [-0.1, -0.05) is 17.7 Å². The Balaban J connectivity index is 1.32. The number of piperidine rings is 1. The van der Waals surface area contributed by atoms with E-state index in [4.69, 9.17) is 11.6 Å². The Morgan fingerprint density at radius 3 is 2.66 bits per heavy atom. The number of benzene rings is 2. The maximum absolute atomic E-state index is 13.2. The second-order valence-corrected chi connectivity index (χ2v) is 9.59. The quantitative estimate of drug-likeness (QED) is 0.322. The van der Waals surface area contributed by atoms with Crippen LogP contribution < -0.4 is 15.5 Å². The Labute approximate surface area is 211 Å². The largest absolute Gasteiger partial charge is 0.360 e. The van der Waals surface area contributed by atoms with Gasteiger partial charge < -0.3 is 20.5 Å². The average Bonchev–Trinajstić information content (AvgIpc) is 3.53. The number of hydrogen-bond acceptors (Lipinski definition) is 4. The van der Waals surface area contributed by atoms with Crippen LogP contribution in [0.5, 0.6) is 0 Å². The van der Waals surface area contributed by atoms with Crippen molar-refractivity contribution in [2.45, 2.75) is 25.3 Å². The lowest BCUT2D eigenvalue weighted by Gasteiger charge is -2.27. The minimum atomic E-state index is -0.875. The van der Waals surface area contributed by atoms with E-state index in [-0.39, 0.29) is 17.7 Å². The van der Waals surface area contributed by atoms with Crippen molar-refractivity contribution in [1.82, 2.24) is 10.3 Å². The van der Waals surface area contributed by atoms with Crippen LogP contribution in [0.15, 0.2) is 65.5 Å². The minimum absolute atomic E-state index is 0.119. The molecule has 5 rings (SSSR count). The Bertz CT molecular complexity index is 1380. The molecule has 3 amide bonds. The van der Waals surface area contributed by atoms with Crippen LogP contribution in [0.2, 0.25) is 5.02 Å². The molecule has 2 aromatic carbocycles. The second-order valence-electron chi connectivity index (χ2n) is 8.40. The van der Waals surface area contributed by atoms with Gasteiger partial charge >= 0.3 is 0 Å². The number of halogens is 1. The Kier molecular flexibility index (Phi) is 6.57. The fourth-order valence-electron chi connectivity index (χ4n) is 4.20. The van der Waals surface area contributed by atoms with Gasteiger partial charge in [0.25, 0.3) is 11.8 Å². The van der Waals surface area contributed by atoms with Crippen LogP contribution in [0.4, 0.5) is 11.4 Å². The van der Waals surface area contributed by atoms with Gasteiger partial charge in [0.15, 0.2) is 0 Å². The summed E-state index contributed by atoms with van der Waals surface area (Å²) in [7, 11) is 0. The average molecular weight is 507 g/mol. The van der Waals surface area contributed by atoms with Crippen LogP contribution >= 0.6 is 22.9 Å². The van der Waals surface area contributed by atoms with Crippen molar-refractivity contribution in [3.63, 3.8) is 0 Å². The molecule has 0 bridgehead atoms. The van der Waals surface area contributed by atoms with E-state index in [0.717, 1.165) is 29.4 Å². The molecule has 3 N–H and O–H groups in total. The highest BCUT2D eigenvalue weighted by Crippen LogP contribution is 2.26. The number of H-pyrrole nitrogens is 1. The van der Waals surface area contributed by atoms with Gasteiger partial charge in [0.05, 0.1) is 5.02 Å². The third kappa shape index (κ3) is 4.94. The Morgan fingerprint density at radius 1 is 1.09 bits per heavy atom. The predicted molar refractivity (Wildman–Crippen MR) is 139 cm³/mol. The predicted octanol–water partition coefficient (Wildman–Crippen LogP) is 5.51. The van der Waals surface area contributed by atoms with Gasteiger partial charge in [-0.15, -0.1) is 0 Å². The molecule has 2 aromatic heterocycles. The molecular weight excluding hydrogens is 484 g/mol. The summed E-state index contributed by atoms with van der Waals surface area (Å²) in [6, 6.07) is 13.3. The number of hydrogen-bond donors (Lipinski definition) is 3. The normalized spacial score (nSPS) is 14.7. The molecule has 1 fully saturated rings. The van der Waals surface area contributed by atoms with Crippen LogP contribution in [-0.4, -0.2) is 29.3 Å². The van der Waals surface area contributed by atoms with E-state index in [9.17, 15) is 14.4 Å². The van der Waals surface area contributed by atoms with E-state index < -0.39 is 6.04 Å². The van der Waals surface area contributed by atoms with Gasteiger partial charge in [-0.3, -0.25) is 14.4 Å². The molecule has 9 heteroatoms. The van der Waals surface area contributed by atoms with Crippen LogP contribution in [0, 0.1) is 0 Å². The summed E-state index contributed by atoms with van der Waals surface area (Å²) in [6.07, 6.45) is 4.13. The molecule has 0 saturated carbocycles. The topological polar surface area (TPSA) is 94.3 Å². The smallest absolute Gasteiger partial charge is 0.252 e. The van der Waals surface area contributed by atoms with Crippen molar-refractivity contribution < 1.29 is 14.4 Å². The molecule has 7 nitrogen and oxygen atoms in total. The molecule has 0 aliphatic carbocycles. The molecule has 0 radical (unpaired) electrons. The highest BCUT2D eigenvalue weighted by Gasteiger charge is 2.25. The first-order chi connectivity index (χ1) is 17.0. The third-order valence-corrected chi connectivity index (χ3v) is 7.09. The lowest BCUT2D eigenvalue weighted by atomic mass is 10.1. The van der Waals surface area contributed by atoms with E-state index in [1.54, 1.807) is 41.4 Å². The highest BCUT2D eigenvalue weighted by molar-refractivity contribution is 7.08. The summed E-state index contributed by atoms with van der Waals surface area (Å²) in [5, 5.41) is 10.8. The molecular formula is C26H23ClN4O3S. The zero-order chi connectivity index (χ0) is 24.4. The number of carbonyl (C=O) groups excluding carboxylic acids is 3. The summed E-state index contributed by atoms with van der Waals surface area (Å²) in [4.78, 5) is 43.3. The lowest BCUT2D eigenvalue weighted by molar-refractivity contribution is -0.119. The standard InChI is InChI=1S/C26H23ClN4O3S/c27-21-14-28-22-13-16(4-9-20(21)22)25(33)30-24(17-10-12-35-15-17)26(34)29-18-5-7-19(8-6-18)31-11-2-1-3-23(31)32/h4-10,12-15,24,28H,1-3,11H2,(H,29,34)(H,30,33). The van der Waals surface area contributed by atoms with Crippen LogP contribution in [0.25, 0.3) is 10.9 Å². The summed E-state index contributed by atoms with van der Waals surface area (Å²) in [6.45, 7) is 0.706. The zero-order valence-electron chi connectivity index (χ0n) is 18.7. The van der Waals surface area contributed by atoms with Crippen molar-refractivity contribution in [3.8, 4) is 0 Å². The van der Waals surface area contributed by atoms with E-state index >= 15 is 0 Å². The third-order valence-electron chi connectivity index (χ3n) is 6.08. The fraction of sp³-hybridized carbons (Fsp3) is 0.192. The molecule has 1 atom stereocenters. The fourth-order valence-corrected chi connectivity index (χ4v) is 5.11. The second kappa shape index (κ2) is 9.93. The van der Waals surface area contributed by atoms with Crippen LogP contribution in [-0.2, 0) is 9.59 Å². The molecule has 0 spiro atoms. The number of aromatic amines is 1. The summed E-state index contributed by atoms with van der Waals surface area (Å²) in [5.74, 6) is -0.612. The molecule has 178 valence electrons. The zero-order valence-corrected chi connectivity index (χ0v) is 20.3. The summed E-state index contributed by atoms with van der Waals surface area (Å²) in [5.41, 5.74) is 3.25. The Morgan fingerprint density at radius 2 is 1.91 bits per heavy atom. The monoisotopic (exact) mass is 506 g/mol. The summed E-state index contributed by atoms with van der Waals surface area (Å²) < 4.78 is 0. The van der Waals surface area contributed by atoms with Gasteiger partial charge in [-0.2, -0.15) is 11.3 Å². The van der Waals surface area contributed by atoms with Gasteiger partial charge in [-0.25, -0.2) is 0 Å². The number of nitrogens with zero attached hydrogens (tertiary/aromatic N) is 1. The maximum atomic E-state index is 13.2. The molecule has 1 saturated heterocycles. The summed E-state index contributed by atoms with van der Waals surface area (Å²) >= 11 is 7.58. The van der Waals surface area contributed by atoms with Crippen LogP contribution in [0.3, 0.4) is 0 Å². The lowest BCUT2D eigenvalue weighted by Crippen LogP contribution is -2.37. The molecule has 3 heterocycles. The maximum Gasteiger partial charge on any atom is 0.252 e. The van der Waals surface area contributed by atoms with Crippen molar-refractivity contribution >= 4 is 62.9 Å². The van der Waals surface area contributed by atoms with E-state index in [1.807, 2.05) is 29.0 Å². The van der Waals surface area contributed by atoms with Crippen molar-refractivity contribution in [3.05, 3.63) is 81.6 Å². The van der Waals surface area contributed by atoms with Crippen molar-refractivity contribution in [2.24, 2.45) is 0 Å². The molecule has 35 heavy (non-hydrogen) atoms. The van der Waals surface area contributed by atoms with E-state index in [1.165, 1.54) is 11.3 Å². The first-order valence-corrected chi connectivity index (χ1v) is 12.6. The highest BCUT2D eigenvalue weighted by atomic mass is 35.5. The van der Waals surface area contributed by atoms with E-state index in [0.29, 0.717) is 34.8 Å². The van der Waals surface area contributed by atoms with E-state index in [2.05, 4.69) is 15.6 Å². The molecule has 1 aliphatic rings. The van der Waals surface area contributed by atoms with Gasteiger partial charge in [0, 0.05) is 47.0 Å². The first-order valence-electron chi connectivity index (χ1n) is 11.3. The number of nitrogens with one attached hydrogen (secondary N) is 3. The number of aromatic nitrogens is 1. The number of thiophene rings is 1.